The van der Waals surface area contributed by atoms with Crippen LogP contribution >= 0.6 is 0 Å². The summed E-state index contributed by atoms with van der Waals surface area (Å²) in [4.78, 5) is 31.7. The first kappa shape index (κ1) is 14.2. The number of anilines is 1. The Bertz CT molecular complexity index is 918. The molecule has 0 fully saturated rings. The van der Waals surface area contributed by atoms with Crippen molar-refractivity contribution < 1.29 is 9.59 Å². The second-order valence-corrected chi connectivity index (χ2v) is 5.48. The minimum Gasteiger partial charge on any atom is -0.348 e. The highest BCUT2D eigenvalue weighted by Gasteiger charge is 2.27. The monoisotopic (exact) mass is 318 g/mol. The number of rotatable bonds is 3. The summed E-state index contributed by atoms with van der Waals surface area (Å²) in [7, 11) is 0. The number of amides is 2. The maximum Gasteiger partial charge on any atom is 0.255 e. The molecule has 2 amide bonds. The van der Waals surface area contributed by atoms with Crippen LogP contribution in [0.15, 0.2) is 55.0 Å². The molecule has 24 heavy (non-hydrogen) atoms. The van der Waals surface area contributed by atoms with E-state index in [1.165, 1.54) is 0 Å². The third-order valence-electron chi connectivity index (χ3n) is 4.04. The fourth-order valence-corrected chi connectivity index (χ4v) is 2.89. The summed E-state index contributed by atoms with van der Waals surface area (Å²) in [6.45, 7) is 0.428. The normalized spacial score (nSPS) is 12.6. The van der Waals surface area contributed by atoms with Gasteiger partial charge in [0.05, 0.1) is 29.5 Å². The zero-order chi connectivity index (χ0) is 16.5. The average molecular weight is 318 g/mol. The van der Waals surface area contributed by atoms with Crippen LogP contribution < -0.4 is 10.6 Å². The zero-order valence-electron chi connectivity index (χ0n) is 12.7. The fourth-order valence-electron chi connectivity index (χ4n) is 2.89. The van der Waals surface area contributed by atoms with E-state index in [4.69, 9.17) is 0 Å². The lowest BCUT2D eigenvalue weighted by Gasteiger charge is -2.11. The van der Waals surface area contributed by atoms with Crippen molar-refractivity contribution in [2.75, 3.05) is 5.32 Å². The Morgan fingerprint density at radius 1 is 1.12 bits per heavy atom. The number of hydrogen-bond donors (Lipinski definition) is 3. The van der Waals surface area contributed by atoms with Gasteiger partial charge in [-0.15, -0.1) is 0 Å². The number of carbonyl (C=O) groups excluding carboxylic acids is 2. The van der Waals surface area contributed by atoms with Crippen molar-refractivity contribution >= 4 is 17.5 Å². The van der Waals surface area contributed by atoms with E-state index in [1.54, 1.807) is 42.9 Å². The van der Waals surface area contributed by atoms with Gasteiger partial charge in [0.15, 0.2) is 0 Å². The summed E-state index contributed by atoms with van der Waals surface area (Å²) in [6, 6.07) is 12.5. The van der Waals surface area contributed by atoms with Crippen LogP contribution in [0.5, 0.6) is 0 Å². The van der Waals surface area contributed by atoms with Gasteiger partial charge in [-0.2, -0.15) is 0 Å². The molecule has 2 heterocycles. The molecule has 118 valence electrons. The molecule has 0 saturated heterocycles. The molecule has 1 aromatic heterocycles. The van der Waals surface area contributed by atoms with Crippen molar-refractivity contribution in [2.45, 2.75) is 6.54 Å². The average Bonchev–Trinajstić information content (AvgIpc) is 3.27. The number of nitrogens with zero attached hydrogens (tertiary/aromatic N) is 1. The molecule has 0 spiro atoms. The Kier molecular flexibility index (Phi) is 3.35. The van der Waals surface area contributed by atoms with Gasteiger partial charge in [-0.1, -0.05) is 24.3 Å². The number of aromatic amines is 1. The molecule has 0 atom stereocenters. The molecule has 1 aliphatic rings. The van der Waals surface area contributed by atoms with E-state index < -0.39 is 0 Å². The smallest absolute Gasteiger partial charge is 0.255 e. The Balaban J connectivity index is 1.74. The number of carbonyl (C=O) groups is 2. The highest BCUT2D eigenvalue weighted by atomic mass is 16.2. The summed E-state index contributed by atoms with van der Waals surface area (Å²) in [6.07, 6.45) is 3.30. The molecule has 6 heteroatoms. The van der Waals surface area contributed by atoms with Gasteiger partial charge in [0.25, 0.3) is 11.8 Å². The second-order valence-electron chi connectivity index (χ2n) is 5.48. The summed E-state index contributed by atoms with van der Waals surface area (Å²) in [5.41, 5.74) is 4.16. The van der Waals surface area contributed by atoms with E-state index in [0.717, 1.165) is 16.8 Å². The van der Waals surface area contributed by atoms with E-state index in [9.17, 15) is 9.59 Å². The molecule has 2 aromatic carbocycles. The Morgan fingerprint density at radius 3 is 2.71 bits per heavy atom. The number of imidazole rings is 1. The third kappa shape index (κ3) is 2.34. The zero-order valence-corrected chi connectivity index (χ0v) is 12.7. The van der Waals surface area contributed by atoms with Crippen LogP contribution in [0.3, 0.4) is 0 Å². The lowest BCUT2D eigenvalue weighted by Crippen LogP contribution is -2.17. The van der Waals surface area contributed by atoms with Crippen LogP contribution in [0.4, 0.5) is 5.69 Å². The summed E-state index contributed by atoms with van der Waals surface area (Å²) in [5, 5.41) is 5.65. The number of benzene rings is 2. The van der Waals surface area contributed by atoms with Crippen LogP contribution in [0.2, 0.25) is 0 Å². The van der Waals surface area contributed by atoms with Crippen LogP contribution in [0.1, 0.15) is 26.3 Å². The van der Waals surface area contributed by atoms with Crippen molar-refractivity contribution in [1.82, 2.24) is 15.3 Å². The molecule has 0 aliphatic carbocycles. The minimum absolute atomic E-state index is 0.185. The number of fused-ring (bicyclic) bond motifs is 1. The molecule has 0 bridgehead atoms. The molecule has 3 N–H and O–H groups in total. The van der Waals surface area contributed by atoms with Gasteiger partial charge in [0.2, 0.25) is 0 Å². The van der Waals surface area contributed by atoms with E-state index in [-0.39, 0.29) is 11.8 Å². The van der Waals surface area contributed by atoms with Crippen LogP contribution in [0, 0.1) is 0 Å². The van der Waals surface area contributed by atoms with Gasteiger partial charge in [0.1, 0.15) is 0 Å². The van der Waals surface area contributed by atoms with E-state index >= 15 is 0 Å². The number of H-pyrrole nitrogens is 1. The highest BCUT2D eigenvalue weighted by molar-refractivity contribution is 6.11. The molecule has 6 nitrogen and oxygen atoms in total. The largest absolute Gasteiger partial charge is 0.348 e. The third-order valence-corrected chi connectivity index (χ3v) is 4.04. The molecule has 4 rings (SSSR count). The van der Waals surface area contributed by atoms with Gasteiger partial charge < -0.3 is 15.6 Å². The quantitative estimate of drug-likeness (QED) is 0.693. The molecule has 3 aromatic rings. The van der Waals surface area contributed by atoms with Gasteiger partial charge in [-0.05, 0) is 23.8 Å². The van der Waals surface area contributed by atoms with E-state index in [1.807, 2.05) is 12.1 Å². The first-order chi connectivity index (χ1) is 11.7. The fraction of sp³-hybridized carbons (Fsp3) is 0.0556. The predicted molar refractivity (Wildman–Crippen MR) is 89.6 cm³/mol. The Morgan fingerprint density at radius 2 is 1.96 bits per heavy atom. The van der Waals surface area contributed by atoms with Crippen molar-refractivity contribution in [3.05, 3.63) is 71.7 Å². The molecule has 1 aliphatic heterocycles. The van der Waals surface area contributed by atoms with Crippen LogP contribution in [-0.4, -0.2) is 21.8 Å². The lowest BCUT2D eigenvalue weighted by molar-refractivity contribution is 0.0966. The molecular weight excluding hydrogens is 304 g/mol. The minimum atomic E-state index is -0.244. The molecule has 0 saturated carbocycles. The van der Waals surface area contributed by atoms with Gasteiger partial charge in [0, 0.05) is 17.7 Å². The number of hydrogen-bond acceptors (Lipinski definition) is 3. The van der Waals surface area contributed by atoms with Crippen LogP contribution in [-0.2, 0) is 6.54 Å². The molecule has 0 unspecified atom stereocenters. The first-order valence-corrected chi connectivity index (χ1v) is 7.53. The molecule has 0 radical (unpaired) electrons. The van der Waals surface area contributed by atoms with Crippen LogP contribution in [0.25, 0.3) is 11.3 Å². The van der Waals surface area contributed by atoms with Gasteiger partial charge >= 0.3 is 0 Å². The second kappa shape index (κ2) is 5.66. The Hall–Kier alpha value is -3.41. The number of aromatic nitrogens is 2. The topological polar surface area (TPSA) is 86.9 Å². The first-order valence-electron chi connectivity index (χ1n) is 7.53. The van der Waals surface area contributed by atoms with Crippen molar-refractivity contribution in [1.29, 1.82) is 0 Å². The predicted octanol–water partition coefficient (Wildman–Crippen LogP) is 2.57. The Labute approximate surface area is 137 Å². The number of nitrogens with one attached hydrogen (secondary N) is 3. The van der Waals surface area contributed by atoms with Gasteiger partial charge in [-0.3, -0.25) is 9.59 Å². The lowest BCUT2D eigenvalue weighted by atomic mass is 9.99. The maximum absolute atomic E-state index is 12.4. The van der Waals surface area contributed by atoms with Crippen molar-refractivity contribution in [3.8, 4) is 11.3 Å². The molecular formula is C18H14N4O2. The van der Waals surface area contributed by atoms with E-state index in [2.05, 4.69) is 20.6 Å². The van der Waals surface area contributed by atoms with Crippen molar-refractivity contribution in [3.63, 3.8) is 0 Å². The van der Waals surface area contributed by atoms with E-state index in [0.29, 0.717) is 23.4 Å². The highest BCUT2D eigenvalue weighted by Crippen LogP contribution is 2.33. The summed E-state index contributed by atoms with van der Waals surface area (Å²) in [5.74, 6) is -0.429. The summed E-state index contributed by atoms with van der Waals surface area (Å²) < 4.78 is 0. The standard InChI is InChI=1S/C18H14N4O2/c23-17(11-4-2-1-3-5-11)22-14-7-6-12(15-9-19-10-21-15)13-8-20-18(24)16(13)14/h1-7,9-10H,8H2,(H,19,21)(H,20,24)(H,22,23). The summed E-state index contributed by atoms with van der Waals surface area (Å²) >= 11 is 0. The SMILES string of the molecule is O=C(Nc1ccc(-c2cnc[nH]2)c2c1C(=O)NC2)c1ccccc1. The van der Waals surface area contributed by atoms with Crippen molar-refractivity contribution in [2.24, 2.45) is 0 Å². The maximum atomic E-state index is 12.4. The van der Waals surface area contributed by atoms with Gasteiger partial charge in [-0.25, -0.2) is 4.98 Å².